The molecule has 0 atom stereocenters. The molecule has 0 saturated heterocycles. The molecule has 0 radical (unpaired) electrons. The Morgan fingerprint density at radius 2 is 1.67 bits per heavy atom. The van der Waals surface area contributed by atoms with Gasteiger partial charge in [-0.25, -0.2) is 8.42 Å². The van der Waals surface area contributed by atoms with Crippen LogP contribution in [-0.2, 0) is 9.84 Å². The molecule has 0 aliphatic heterocycles. The fraction of sp³-hybridized carbons (Fsp3) is 0.333. The molecular formula is C12H14O2S. The van der Waals surface area contributed by atoms with Crippen molar-refractivity contribution in [3.8, 4) is 11.2 Å². The Morgan fingerprint density at radius 3 is 2.07 bits per heavy atom. The van der Waals surface area contributed by atoms with Crippen LogP contribution in [0.1, 0.15) is 30.9 Å². The van der Waals surface area contributed by atoms with Crippen LogP contribution in [0.15, 0.2) is 24.3 Å². The monoisotopic (exact) mass is 222 g/mol. The topological polar surface area (TPSA) is 34.1 Å². The maximum Gasteiger partial charge on any atom is 0.214 e. The molecule has 0 aliphatic rings. The van der Waals surface area contributed by atoms with Gasteiger partial charge in [-0.2, -0.15) is 0 Å². The fourth-order valence-electron chi connectivity index (χ4n) is 1.10. The van der Waals surface area contributed by atoms with E-state index in [1.54, 1.807) is 0 Å². The maximum absolute atomic E-state index is 10.8. The Bertz CT molecular complexity index is 485. The Hall–Kier alpha value is -1.27. The molecule has 2 nitrogen and oxygen atoms in total. The first-order valence-corrected chi connectivity index (χ1v) is 6.60. The van der Waals surface area contributed by atoms with E-state index < -0.39 is 9.84 Å². The minimum Gasteiger partial charge on any atom is -0.216 e. The van der Waals surface area contributed by atoms with Gasteiger partial charge in [-0.15, -0.1) is 0 Å². The summed E-state index contributed by atoms with van der Waals surface area (Å²) >= 11 is 0. The molecule has 1 aromatic rings. The Labute approximate surface area is 91.2 Å². The van der Waals surface area contributed by atoms with Gasteiger partial charge in [0.2, 0.25) is 9.84 Å². The summed E-state index contributed by atoms with van der Waals surface area (Å²) in [5.74, 6) is 3.09. The largest absolute Gasteiger partial charge is 0.216 e. The lowest BCUT2D eigenvalue weighted by atomic mass is 10.0. The van der Waals surface area contributed by atoms with Gasteiger partial charge in [0.05, 0.1) is 6.26 Å². The highest BCUT2D eigenvalue weighted by molar-refractivity contribution is 7.95. The van der Waals surface area contributed by atoms with E-state index in [0.717, 1.165) is 11.8 Å². The lowest BCUT2D eigenvalue weighted by Crippen LogP contribution is -1.90. The molecule has 1 rings (SSSR count). The smallest absolute Gasteiger partial charge is 0.214 e. The lowest BCUT2D eigenvalue weighted by molar-refractivity contribution is 0.611. The zero-order chi connectivity index (χ0) is 11.5. The molecule has 0 amide bonds. The predicted molar refractivity (Wildman–Crippen MR) is 62.3 cm³/mol. The summed E-state index contributed by atoms with van der Waals surface area (Å²) in [5, 5.41) is 2.21. The van der Waals surface area contributed by atoms with E-state index in [1.807, 2.05) is 24.3 Å². The summed E-state index contributed by atoms with van der Waals surface area (Å²) < 4.78 is 21.6. The second kappa shape index (κ2) is 4.50. The van der Waals surface area contributed by atoms with Crippen molar-refractivity contribution < 1.29 is 8.42 Å². The molecule has 0 saturated carbocycles. The molecule has 0 aromatic heterocycles. The van der Waals surface area contributed by atoms with Gasteiger partial charge in [0.25, 0.3) is 0 Å². The normalized spacial score (nSPS) is 10.9. The SMILES string of the molecule is CC(C)c1ccc(C#CS(C)(=O)=O)cc1. The van der Waals surface area contributed by atoms with Gasteiger partial charge >= 0.3 is 0 Å². The molecule has 0 spiro atoms. The minimum atomic E-state index is -3.21. The van der Waals surface area contributed by atoms with Gasteiger partial charge in [-0.3, -0.25) is 0 Å². The molecule has 0 bridgehead atoms. The van der Waals surface area contributed by atoms with Crippen molar-refractivity contribution in [2.45, 2.75) is 19.8 Å². The summed E-state index contributed by atoms with van der Waals surface area (Å²) in [4.78, 5) is 0. The molecule has 3 heteroatoms. The van der Waals surface area contributed by atoms with Crippen LogP contribution in [0.5, 0.6) is 0 Å². The molecule has 0 unspecified atom stereocenters. The number of hydrogen-bond donors (Lipinski definition) is 0. The molecule has 80 valence electrons. The third-order valence-corrected chi connectivity index (χ3v) is 2.43. The van der Waals surface area contributed by atoms with Crippen LogP contribution >= 0.6 is 0 Å². The number of benzene rings is 1. The van der Waals surface area contributed by atoms with Gasteiger partial charge < -0.3 is 0 Å². The summed E-state index contributed by atoms with van der Waals surface area (Å²) in [5.41, 5.74) is 1.95. The third kappa shape index (κ3) is 4.18. The van der Waals surface area contributed by atoms with Crippen molar-refractivity contribution in [1.29, 1.82) is 0 Å². The van der Waals surface area contributed by atoms with Crippen LogP contribution in [-0.4, -0.2) is 14.7 Å². The van der Waals surface area contributed by atoms with E-state index in [9.17, 15) is 8.42 Å². The summed E-state index contributed by atoms with van der Waals surface area (Å²) in [6.07, 6.45) is 1.10. The van der Waals surface area contributed by atoms with Crippen LogP contribution in [0.4, 0.5) is 0 Å². The molecule has 0 N–H and O–H groups in total. The van der Waals surface area contributed by atoms with Gasteiger partial charge in [0.1, 0.15) is 0 Å². The zero-order valence-electron chi connectivity index (χ0n) is 9.11. The predicted octanol–water partition coefficient (Wildman–Crippen LogP) is 2.16. The first-order valence-electron chi connectivity index (χ1n) is 4.71. The summed E-state index contributed by atoms with van der Waals surface area (Å²) in [7, 11) is -3.21. The molecule has 0 fully saturated rings. The Balaban J connectivity index is 2.94. The Morgan fingerprint density at radius 1 is 1.13 bits per heavy atom. The van der Waals surface area contributed by atoms with Crippen molar-refractivity contribution in [1.82, 2.24) is 0 Å². The van der Waals surface area contributed by atoms with Gasteiger partial charge in [0.15, 0.2) is 0 Å². The number of hydrogen-bond acceptors (Lipinski definition) is 2. The van der Waals surface area contributed by atoms with Gasteiger partial charge in [-0.1, -0.05) is 31.9 Å². The minimum absolute atomic E-state index is 0.474. The van der Waals surface area contributed by atoms with Crippen LogP contribution in [0.2, 0.25) is 0 Å². The van der Waals surface area contributed by atoms with Crippen LogP contribution < -0.4 is 0 Å². The summed E-state index contributed by atoms with van der Waals surface area (Å²) in [6.45, 7) is 4.22. The van der Waals surface area contributed by atoms with E-state index in [2.05, 4.69) is 25.0 Å². The highest BCUT2D eigenvalue weighted by Crippen LogP contribution is 2.14. The number of rotatable bonds is 1. The molecular weight excluding hydrogens is 208 g/mol. The van der Waals surface area contributed by atoms with E-state index in [0.29, 0.717) is 5.92 Å². The van der Waals surface area contributed by atoms with Crippen molar-refractivity contribution in [2.75, 3.05) is 6.26 Å². The molecule has 15 heavy (non-hydrogen) atoms. The van der Waals surface area contributed by atoms with Gasteiger partial charge in [-0.05, 0) is 23.6 Å². The van der Waals surface area contributed by atoms with E-state index in [1.165, 1.54) is 5.56 Å². The lowest BCUT2D eigenvalue weighted by Gasteiger charge is -2.03. The van der Waals surface area contributed by atoms with Crippen molar-refractivity contribution >= 4 is 9.84 Å². The third-order valence-electron chi connectivity index (χ3n) is 1.96. The first-order chi connectivity index (χ1) is 6.88. The number of sulfone groups is 1. The fourth-order valence-corrected chi connectivity index (χ4v) is 1.41. The van der Waals surface area contributed by atoms with Gasteiger partial charge in [0, 0.05) is 10.8 Å². The second-order valence-electron chi connectivity index (χ2n) is 3.78. The first kappa shape index (κ1) is 11.8. The van der Waals surface area contributed by atoms with Crippen molar-refractivity contribution in [2.24, 2.45) is 0 Å². The van der Waals surface area contributed by atoms with Crippen molar-refractivity contribution in [3.63, 3.8) is 0 Å². The summed E-state index contributed by atoms with van der Waals surface area (Å²) in [6, 6.07) is 7.62. The maximum atomic E-state index is 10.8. The van der Waals surface area contributed by atoms with E-state index in [-0.39, 0.29) is 0 Å². The van der Waals surface area contributed by atoms with Crippen LogP contribution in [0, 0.1) is 11.2 Å². The molecule has 0 aliphatic carbocycles. The Kier molecular flexibility index (Phi) is 3.54. The van der Waals surface area contributed by atoms with Crippen LogP contribution in [0.3, 0.4) is 0 Å². The second-order valence-corrected chi connectivity index (χ2v) is 5.52. The highest BCUT2D eigenvalue weighted by Gasteiger charge is 1.97. The molecule has 1 aromatic carbocycles. The standard InChI is InChI=1S/C12H14O2S/c1-10(2)12-6-4-11(5-7-12)8-9-15(3,13)14/h4-7,10H,1-3H3. The van der Waals surface area contributed by atoms with Crippen LogP contribution in [0.25, 0.3) is 0 Å². The van der Waals surface area contributed by atoms with Crippen molar-refractivity contribution in [3.05, 3.63) is 35.4 Å². The van der Waals surface area contributed by atoms with E-state index >= 15 is 0 Å². The average Bonchev–Trinajstić information content (AvgIpc) is 2.14. The quantitative estimate of drug-likeness (QED) is 0.682. The highest BCUT2D eigenvalue weighted by atomic mass is 32.2. The zero-order valence-corrected chi connectivity index (χ0v) is 9.93. The average molecular weight is 222 g/mol. The molecule has 0 heterocycles. The van der Waals surface area contributed by atoms with E-state index in [4.69, 9.17) is 0 Å².